The molecule has 0 spiro atoms. The van der Waals surface area contributed by atoms with Crippen LogP contribution in [0.2, 0.25) is 5.02 Å². The summed E-state index contributed by atoms with van der Waals surface area (Å²) in [6, 6.07) is 24.2. The molecular formula is C29H26ClN3O4. The molecule has 0 aliphatic heterocycles. The van der Waals surface area contributed by atoms with Crippen LogP contribution < -0.4 is 10.7 Å². The average Bonchev–Trinajstić information content (AvgIpc) is 2.91. The number of benzene rings is 4. The number of nitrogens with zero attached hydrogens (tertiary/aromatic N) is 1. The summed E-state index contributed by atoms with van der Waals surface area (Å²) in [4.78, 5) is 25.1. The fourth-order valence-corrected chi connectivity index (χ4v) is 4.20. The van der Waals surface area contributed by atoms with Gasteiger partial charge in [-0.25, -0.2) is 5.43 Å². The Hall–Kier alpha value is -4.20. The van der Waals surface area contributed by atoms with E-state index in [1.54, 1.807) is 6.92 Å². The molecule has 0 fully saturated rings. The Morgan fingerprint density at radius 1 is 0.973 bits per heavy atom. The maximum absolute atomic E-state index is 12.8. The number of amides is 2. The predicted molar refractivity (Wildman–Crippen MR) is 145 cm³/mol. The predicted octanol–water partition coefficient (Wildman–Crippen LogP) is 4.74. The first kappa shape index (κ1) is 25.9. The van der Waals surface area contributed by atoms with Gasteiger partial charge < -0.3 is 15.5 Å². The van der Waals surface area contributed by atoms with E-state index in [4.69, 9.17) is 11.6 Å². The van der Waals surface area contributed by atoms with Crippen LogP contribution in [0.25, 0.3) is 10.8 Å². The van der Waals surface area contributed by atoms with Gasteiger partial charge in [-0.05, 0) is 47.0 Å². The van der Waals surface area contributed by atoms with Crippen molar-refractivity contribution in [3.05, 3.63) is 112 Å². The van der Waals surface area contributed by atoms with Crippen LogP contribution in [0, 0.1) is 0 Å². The lowest BCUT2D eigenvalue weighted by molar-refractivity contribution is -0.121. The van der Waals surface area contributed by atoms with E-state index in [-0.39, 0.29) is 28.7 Å². The second-order valence-corrected chi connectivity index (χ2v) is 9.02. The molecule has 2 unspecified atom stereocenters. The third-order valence-corrected chi connectivity index (χ3v) is 6.28. The van der Waals surface area contributed by atoms with Crippen LogP contribution in [0.4, 0.5) is 0 Å². The summed E-state index contributed by atoms with van der Waals surface area (Å²) in [5.74, 6) is -0.778. The molecule has 0 aliphatic carbocycles. The molecule has 0 aliphatic rings. The van der Waals surface area contributed by atoms with Crippen molar-refractivity contribution in [3.8, 4) is 5.75 Å². The third kappa shape index (κ3) is 6.33. The van der Waals surface area contributed by atoms with Gasteiger partial charge in [0.2, 0.25) is 5.91 Å². The zero-order valence-corrected chi connectivity index (χ0v) is 20.8. The van der Waals surface area contributed by atoms with Crippen molar-refractivity contribution in [1.29, 1.82) is 0 Å². The number of halogens is 1. The minimum Gasteiger partial charge on any atom is -0.506 e. The first-order chi connectivity index (χ1) is 17.8. The van der Waals surface area contributed by atoms with Gasteiger partial charge in [-0.15, -0.1) is 0 Å². The van der Waals surface area contributed by atoms with Crippen molar-refractivity contribution in [1.82, 2.24) is 10.7 Å². The number of aliphatic hydroxyl groups is 1. The molecule has 0 heterocycles. The summed E-state index contributed by atoms with van der Waals surface area (Å²) in [5, 5.41) is 28.8. The highest BCUT2D eigenvalue weighted by molar-refractivity contribution is 6.32. The second-order valence-electron chi connectivity index (χ2n) is 8.61. The lowest BCUT2D eigenvalue weighted by Gasteiger charge is -2.21. The summed E-state index contributed by atoms with van der Waals surface area (Å²) in [6.07, 6.45) is 0.861. The van der Waals surface area contributed by atoms with Crippen LogP contribution in [0.1, 0.15) is 40.1 Å². The van der Waals surface area contributed by atoms with Crippen LogP contribution in [0.5, 0.6) is 5.75 Å². The van der Waals surface area contributed by atoms with E-state index in [1.165, 1.54) is 24.4 Å². The van der Waals surface area contributed by atoms with Crippen LogP contribution in [0.3, 0.4) is 0 Å². The van der Waals surface area contributed by atoms with E-state index in [1.807, 2.05) is 66.7 Å². The lowest BCUT2D eigenvalue weighted by Crippen LogP contribution is -2.38. The largest absolute Gasteiger partial charge is 0.506 e. The van der Waals surface area contributed by atoms with Gasteiger partial charge in [0.15, 0.2) is 0 Å². The SMILES string of the molecule is CC(NC(=O)Cc1ccc(C=NNC(=O)c2ccc(O)c(Cl)c2)c2ccccc12)C(O)c1ccccc1. The molecule has 188 valence electrons. The van der Waals surface area contributed by atoms with Crippen molar-refractivity contribution in [3.63, 3.8) is 0 Å². The Balaban J connectivity index is 1.45. The summed E-state index contributed by atoms with van der Waals surface area (Å²) in [5.41, 5.74) is 5.05. The van der Waals surface area contributed by atoms with E-state index >= 15 is 0 Å². The highest BCUT2D eigenvalue weighted by atomic mass is 35.5. The third-order valence-electron chi connectivity index (χ3n) is 5.98. The van der Waals surface area contributed by atoms with E-state index in [2.05, 4.69) is 15.8 Å². The summed E-state index contributed by atoms with van der Waals surface area (Å²) < 4.78 is 0. The molecule has 0 saturated carbocycles. The van der Waals surface area contributed by atoms with Crippen LogP contribution in [-0.2, 0) is 11.2 Å². The average molecular weight is 516 g/mol. The molecule has 4 aromatic carbocycles. The van der Waals surface area contributed by atoms with Crippen molar-refractivity contribution < 1.29 is 19.8 Å². The van der Waals surface area contributed by atoms with E-state index < -0.39 is 18.1 Å². The standard InChI is InChI=1S/C29H26ClN3O4/c1-18(28(36)19-7-3-2-4-8-19)32-27(35)16-20-11-12-22(24-10-6-5-9-23(20)24)17-31-33-29(37)21-13-14-26(34)25(30)15-21/h2-15,17-18,28,34,36H,16H2,1H3,(H,32,35)(H,33,37). The quantitative estimate of drug-likeness (QED) is 0.200. The summed E-state index contributed by atoms with van der Waals surface area (Å²) in [7, 11) is 0. The van der Waals surface area contributed by atoms with E-state index in [0.717, 1.165) is 27.5 Å². The normalized spacial score (nSPS) is 12.8. The zero-order valence-electron chi connectivity index (χ0n) is 20.1. The lowest BCUT2D eigenvalue weighted by atomic mass is 9.97. The van der Waals surface area contributed by atoms with Crippen molar-refractivity contribution in [2.24, 2.45) is 5.10 Å². The molecule has 0 radical (unpaired) electrons. The number of hydrogen-bond acceptors (Lipinski definition) is 5. The highest BCUT2D eigenvalue weighted by Crippen LogP contribution is 2.24. The van der Waals surface area contributed by atoms with Crippen LogP contribution in [0.15, 0.2) is 90.0 Å². The molecule has 0 bridgehead atoms. The number of aromatic hydroxyl groups is 1. The van der Waals surface area contributed by atoms with Gasteiger partial charge in [-0.2, -0.15) is 5.10 Å². The number of phenols is 1. The molecule has 0 aromatic heterocycles. The van der Waals surface area contributed by atoms with Crippen molar-refractivity contribution >= 4 is 40.4 Å². The molecule has 0 saturated heterocycles. The fourth-order valence-electron chi connectivity index (χ4n) is 4.02. The van der Waals surface area contributed by atoms with Gasteiger partial charge in [-0.1, -0.05) is 78.3 Å². The van der Waals surface area contributed by atoms with Gasteiger partial charge >= 0.3 is 0 Å². The van der Waals surface area contributed by atoms with Crippen molar-refractivity contribution in [2.75, 3.05) is 0 Å². The molecule has 8 heteroatoms. The van der Waals surface area contributed by atoms with Gasteiger partial charge in [0, 0.05) is 11.1 Å². The zero-order chi connectivity index (χ0) is 26.4. The second kappa shape index (κ2) is 11.7. The molecule has 37 heavy (non-hydrogen) atoms. The van der Waals surface area contributed by atoms with E-state index in [9.17, 15) is 19.8 Å². The van der Waals surface area contributed by atoms with Gasteiger partial charge in [0.25, 0.3) is 5.91 Å². The number of hydrogen-bond donors (Lipinski definition) is 4. The van der Waals surface area contributed by atoms with Crippen LogP contribution >= 0.6 is 11.6 Å². The molecule has 4 N–H and O–H groups in total. The van der Waals surface area contributed by atoms with Gasteiger partial charge in [-0.3, -0.25) is 9.59 Å². The molecule has 4 aromatic rings. The Morgan fingerprint density at radius 3 is 2.41 bits per heavy atom. The number of aliphatic hydroxyl groups excluding tert-OH is 1. The molecule has 7 nitrogen and oxygen atoms in total. The Kier molecular flexibility index (Phi) is 8.18. The number of carbonyl (C=O) groups is 2. The minimum absolute atomic E-state index is 0.0752. The smallest absolute Gasteiger partial charge is 0.271 e. The molecular weight excluding hydrogens is 490 g/mol. The maximum Gasteiger partial charge on any atom is 0.271 e. The fraction of sp³-hybridized carbons (Fsp3) is 0.138. The number of hydrazone groups is 1. The van der Waals surface area contributed by atoms with Crippen LogP contribution in [-0.4, -0.2) is 34.3 Å². The first-order valence-corrected chi connectivity index (χ1v) is 12.1. The van der Waals surface area contributed by atoms with Gasteiger partial charge in [0.1, 0.15) is 5.75 Å². The highest BCUT2D eigenvalue weighted by Gasteiger charge is 2.19. The number of phenolic OH excluding ortho intramolecular Hbond substituents is 1. The molecule has 2 atom stereocenters. The molecule has 2 amide bonds. The number of fused-ring (bicyclic) bond motifs is 1. The number of nitrogens with one attached hydrogen (secondary N) is 2. The number of rotatable bonds is 8. The molecule has 4 rings (SSSR count). The monoisotopic (exact) mass is 515 g/mol. The first-order valence-electron chi connectivity index (χ1n) is 11.7. The Labute approximate surface area is 219 Å². The topological polar surface area (TPSA) is 111 Å². The van der Waals surface area contributed by atoms with Gasteiger partial charge in [0.05, 0.1) is 29.8 Å². The van der Waals surface area contributed by atoms with Crippen molar-refractivity contribution in [2.45, 2.75) is 25.5 Å². The summed E-state index contributed by atoms with van der Waals surface area (Å²) in [6.45, 7) is 1.77. The Morgan fingerprint density at radius 2 is 1.68 bits per heavy atom. The summed E-state index contributed by atoms with van der Waals surface area (Å²) >= 11 is 5.87. The number of carbonyl (C=O) groups excluding carboxylic acids is 2. The van der Waals surface area contributed by atoms with E-state index in [0.29, 0.717) is 0 Å². The maximum atomic E-state index is 12.8. The minimum atomic E-state index is -0.812. The Bertz CT molecular complexity index is 1460.